The number of rotatable bonds is 6. The molecule has 1 atom stereocenters. The van der Waals surface area contributed by atoms with Gasteiger partial charge in [-0.15, -0.1) is 0 Å². The third kappa shape index (κ3) is 5.31. The van der Waals surface area contributed by atoms with Gasteiger partial charge in [0.15, 0.2) is 0 Å². The first kappa shape index (κ1) is 19.0. The molecule has 2 aromatic rings. The predicted octanol–water partition coefficient (Wildman–Crippen LogP) is 3.04. The van der Waals surface area contributed by atoms with Crippen molar-refractivity contribution in [3.05, 3.63) is 65.2 Å². The highest BCUT2D eigenvalue weighted by atomic mass is 35.5. The van der Waals surface area contributed by atoms with Crippen LogP contribution < -0.4 is 5.32 Å². The zero-order valence-electron chi connectivity index (χ0n) is 14.6. The summed E-state index contributed by atoms with van der Waals surface area (Å²) in [5.74, 6) is -0.273. The van der Waals surface area contributed by atoms with E-state index in [0.29, 0.717) is 10.7 Å². The number of anilines is 1. The molecule has 0 radical (unpaired) electrons. The first-order valence-electron chi connectivity index (χ1n) is 7.90. The van der Waals surface area contributed by atoms with Crippen molar-refractivity contribution in [3.63, 3.8) is 0 Å². The Morgan fingerprint density at radius 2 is 1.60 bits per heavy atom. The SMILES string of the molecule is CN(C)C(=O)[C@H](c1ccccc1)N(C)CC(=O)Nc1ccc(Cl)cc1. The molecule has 0 saturated heterocycles. The molecule has 25 heavy (non-hydrogen) atoms. The minimum Gasteiger partial charge on any atom is -0.347 e. The minimum atomic E-state index is -0.521. The van der Waals surface area contributed by atoms with Gasteiger partial charge in [0.1, 0.15) is 6.04 Å². The third-order valence-corrected chi connectivity index (χ3v) is 4.00. The number of nitrogens with zero attached hydrogens (tertiary/aromatic N) is 2. The average molecular weight is 360 g/mol. The molecule has 0 unspecified atom stereocenters. The molecule has 0 fully saturated rings. The van der Waals surface area contributed by atoms with Gasteiger partial charge in [-0.2, -0.15) is 0 Å². The van der Waals surface area contributed by atoms with Gasteiger partial charge in [0.05, 0.1) is 6.54 Å². The van der Waals surface area contributed by atoms with Crippen molar-refractivity contribution in [2.24, 2.45) is 0 Å². The molecule has 0 saturated carbocycles. The summed E-state index contributed by atoms with van der Waals surface area (Å²) in [5, 5.41) is 3.42. The van der Waals surface area contributed by atoms with Crippen molar-refractivity contribution >= 4 is 29.1 Å². The summed E-state index contributed by atoms with van der Waals surface area (Å²) in [6.45, 7) is 0.0851. The third-order valence-electron chi connectivity index (χ3n) is 3.75. The van der Waals surface area contributed by atoms with Gasteiger partial charge in [-0.25, -0.2) is 0 Å². The van der Waals surface area contributed by atoms with Crippen LogP contribution in [0.5, 0.6) is 0 Å². The van der Waals surface area contributed by atoms with Gasteiger partial charge >= 0.3 is 0 Å². The Bertz CT molecular complexity index is 717. The van der Waals surface area contributed by atoms with E-state index >= 15 is 0 Å². The fourth-order valence-corrected chi connectivity index (χ4v) is 2.64. The maximum Gasteiger partial charge on any atom is 0.244 e. The summed E-state index contributed by atoms with van der Waals surface area (Å²) in [6.07, 6.45) is 0. The molecular formula is C19H22ClN3O2. The normalized spacial score (nSPS) is 11.9. The number of hydrogen-bond donors (Lipinski definition) is 1. The van der Waals surface area contributed by atoms with Crippen molar-refractivity contribution in [3.8, 4) is 0 Å². The molecule has 2 amide bonds. The number of nitrogens with one attached hydrogen (secondary N) is 1. The van der Waals surface area contributed by atoms with Crippen LogP contribution >= 0.6 is 11.6 Å². The van der Waals surface area contributed by atoms with E-state index in [1.54, 1.807) is 50.3 Å². The summed E-state index contributed by atoms with van der Waals surface area (Å²) in [5.41, 5.74) is 1.51. The average Bonchev–Trinajstić information content (AvgIpc) is 2.58. The van der Waals surface area contributed by atoms with Crippen molar-refractivity contribution in [2.45, 2.75) is 6.04 Å². The first-order valence-corrected chi connectivity index (χ1v) is 8.28. The largest absolute Gasteiger partial charge is 0.347 e. The number of carbonyl (C=O) groups excluding carboxylic acids is 2. The highest BCUT2D eigenvalue weighted by Crippen LogP contribution is 2.21. The van der Waals surface area contributed by atoms with Gasteiger partial charge in [-0.05, 0) is 36.9 Å². The molecule has 2 rings (SSSR count). The van der Waals surface area contributed by atoms with E-state index in [4.69, 9.17) is 11.6 Å². The maximum absolute atomic E-state index is 12.6. The van der Waals surface area contributed by atoms with Crippen LogP contribution in [0, 0.1) is 0 Å². The lowest BCUT2D eigenvalue weighted by molar-refractivity contribution is -0.134. The molecule has 1 N–H and O–H groups in total. The summed E-state index contributed by atoms with van der Waals surface area (Å²) >= 11 is 5.84. The Balaban J connectivity index is 2.10. The van der Waals surface area contributed by atoms with Crippen molar-refractivity contribution in [1.82, 2.24) is 9.80 Å². The zero-order chi connectivity index (χ0) is 18.4. The van der Waals surface area contributed by atoms with Crippen molar-refractivity contribution in [2.75, 3.05) is 33.0 Å². The van der Waals surface area contributed by atoms with Crippen LogP contribution in [0.15, 0.2) is 54.6 Å². The van der Waals surface area contributed by atoms with Crippen LogP contribution in [0.4, 0.5) is 5.69 Å². The zero-order valence-corrected chi connectivity index (χ0v) is 15.3. The van der Waals surface area contributed by atoms with Gasteiger partial charge in [-0.1, -0.05) is 41.9 Å². The second kappa shape index (κ2) is 8.65. The molecule has 2 aromatic carbocycles. The van der Waals surface area contributed by atoms with Crippen LogP contribution in [0.2, 0.25) is 5.02 Å². The van der Waals surface area contributed by atoms with Gasteiger partial charge < -0.3 is 10.2 Å². The standard InChI is InChI=1S/C19H22ClN3O2/c1-22(2)19(25)18(14-7-5-4-6-8-14)23(3)13-17(24)21-16-11-9-15(20)10-12-16/h4-12,18H,13H2,1-3H3,(H,21,24)/t18-/m0/s1. The molecule has 5 nitrogen and oxygen atoms in total. The Hall–Kier alpha value is -2.37. The van der Waals surface area contributed by atoms with E-state index < -0.39 is 6.04 Å². The summed E-state index contributed by atoms with van der Waals surface area (Å²) < 4.78 is 0. The van der Waals surface area contributed by atoms with E-state index in [-0.39, 0.29) is 18.4 Å². The number of benzene rings is 2. The number of hydrogen-bond acceptors (Lipinski definition) is 3. The lowest BCUT2D eigenvalue weighted by Gasteiger charge is -2.29. The smallest absolute Gasteiger partial charge is 0.244 e. The molecule has 0 aliphatic carbocycles. The fourth-order valence-electron chi connectivity index (χ4n) is 2.52. The molecule has 0 spiro atoms. The summed E-state index contributed by atoms with van der Waals surface area (Å²) in [6, 6.07) is 15.8. The van der Waals surface area contributed by atoms with Gasteiger partial charge in [-0.3, -0.25) is 14.5 Å². The Labute approximate surface area is 153 Å². The topological polar surface area (TPSA) is 52.7 Å². The van der Waals surface area contributed by atoms with Gasteiger partial charge in [0, 0.05) is 24.8 Å². The second-order valence-corrected chi connectivity index (χ2v) is 6.45. The van der Waals surface area contributed by atoms with E-state index in [2.05, 4.69) is 5.32 Å². The molecule has 6 heteroatoms. The molecule has 0 bridgehead atoms. The van der Waals surface area contributed by atoms with Gasteiger partial charge in [0.25, 0.3) is 0 Å². The Morgan fingerprint density at radius 3 is 2.16 bits per heavy atom. The van der Waals surface area contributed by atoms with E-state index in [1.165, 1.54) is 4.90 Å². The highest BCUT2D eigenvalue weighted by molar-refractivity contribution is 6.30. The Morgan fingerprint density at radius 1 is 1.00 bits per heavy atom. The van der Waals surface area contributed by atoms with Gasteiger partial charge in [0.2, 0.25) is 11.8 Å². The van der Waals surface area contributed by atoms with E-state index in [1.807, 2.05) is 30.3 Å². The first-order chi connectivity index (χ1) is 11.9. The second-order valence-electron chi connectivity index (χ2n) is 6.02. The van der Waals surface area contributed by atoms with Crippen LogP contribution in [-0.4, -0.2) is 49.3 Å². The monoisotopic (exact) mass is 359 g/mol. The molecule has 132 valence electrons. The summed E-state index contributed by atoms with van der Waals surface area (Å²) in [4.78, 5) is 28.2. The molecule has 0 aliphatic rings. The maximum atomic E-state index is 12.6. The predicted molar refractivity (Wildman–Crippen MR) is 101 cm³/mol. The number of likely N-dealkylation sites (N-methyl/N-ethyl adjacent to an activating group) is 2. The number of amides is 2. The Kier molecular flexibility index (Phi) is 6.56. The van der Waals surface area contributed by atoms with Crippen LogP contribution in [0.3, 0.4) is 0 Å². The van der Waals surface area contributed by atoms with E-state index in [0.717, 1.165) is 5.56 Å². The molecule has 0 heterocycles. The van der Waals surface area contributed by atoms with Crippen LogP contribution in [-0.2, 0) is 9.59 Å². The molecular weight excluding hydrogens is 338 g/mol. The lowest BCUT2D eigenvalue weighted by Crippen LogP contribution is -2.41. The summed E-state index contributed by atoms with van der Waals surface area (Å²) in [7, 11) is 5.18. The van der Waals surface area contributed by atoms with Crippen LogP contribution in [0.1, 0.15) is 11.6 Å². The van der Waals surface area contributed by atoms with Crippen molar-refractivity contribution < 1.29 is 9.59 Å². The number of carbonyl (C=O) groups is 2. The fraction of sp³-hybridized carbons (Fsp3) is 0.263. The highest BCUT2D eigenvalue weighted by Gasteiger charge is 2.27. The minimum absolute atomic E-state index is 0.0759. The van der Waals surface area contributed by atoms with Crippen molar-refractivity contribution in [1.29, 1.82) is 0 Å². The molecule has 0 aromatic heterocycles. The van der Waals surface area contributed by atoms with Crippen LogP contribution in [0.25, 0.3) is 0 Å². The lowest BCUT2D eigenvalue weighted by atomic mass is 10.0. The van der Waals surface area contributed by atoms with E-state index in [9.17, 15) is 9.59 Å². The quantitative estimate of drug-likeness (QED) is 0.862. The number of halogens is 1. The molecule has 0 aliphatic heterocycles.